The maximum atomic E-state index is 12.4. The smallest absolute Gasteiger partial charge is 0.308 e. The lowest BCUT2D eigenvalue weighted by molar-refractivity contribution is -0.149. The third-order valence-electron chi connectivity index (χ3n) is 3.48. The fourth-order valence-corrected chi connectivity index (χ4v) is 2.08. The first-order chi connectivity index (χ1) is 11.1. The number of hydrogen-bond acceptors (Lipinski definition) is 3. The average molecular weight is 315 g/mol. The van der Waals surface area contributed by atoms with E-state index in [0.29, 0.717) is 19.4 Å². The molecular weight excluding hydrogens is 290 g/mol. The van der Waals surface area contributed by atoms with E-state index in [2.05, 4.69) is 18.5 Å². The molecule has 0 heterocycles. The van der Waals surface area contributed by atoms with Gasteiger partial charge < -0.3 is 10.1 Å². The van der Waals surface area contributed by atoms with Gasteiger partial charge >= 0.3 is 5.97 Å². The van der Waals surface area contributed by atoms with Crippen LogP contribution in [0.5, 0.6) is 0 Å². The van der Waals surface area contributed by atoms with E-state index in [1.165, 1.54) is 0 Å². The molecule has 23 heavy (non-hydrogen) atoms. The van der Waals surface area contributed by atoms with Gasteiger partial charge in [-0.3, -0.25) is 9.59 Å². The highest BCUT2D eigenvalue weighted by Crippen LogP contribution is 2.17. The van der Waals surface area contributed by atoms with Crippen molar-refractivity contribution in [2.45, 2.75) is 25.7 Å². The Labute approximate surface area is 138 Å². The Balaban J connectivity index is 2.72. The molecule has 2 atom stereocenters. The van der Waals surface area contributed by atoms with Crippen molar-refractivity contribution in [3.8, 4) is 0 Å². The number of carbonyl (C=O) groups excluding carboxylic acids is 2. The Morgan fingerprint density at radius 2 is 1.91 bits per heavy atom. The summed E-state index contributed by atoms with van der Waals surface area (Å²) in [5.41, 5.74) is 0.827. The second-order valence-electron chi connectivity index (χ2n) is 5.39. The summed E-state index contributed by atoms with van der Waals surface area (Å²) in [7, 11) is 0. The summed E-state index contributed by atoms with van der Waals surface area (Å²) in [4.78, 5) is 24.3. The number of carbonyl (C=O) groups is 2. The van der Waals surface area contributed by atoms with Crippen LogP contribution in [0.2, 0.25) is 0 Å². The molecule has 0 saturated carbocycles. The van der Waals surface area contributed by atoms with Crippen LogP contribution in [0.4, 0.5) is 0 Å². The van der Waals surface area contributed by atoms with E-state index in [0.717, 1.165) is 5.56 Å². The van der Waals surface area contributed by atoms with Crippen LogP contribution >= 0.6 is 0 Å². The first-order valence-electron chi connectivity index (χ1n) is 7.81. The van der Waals surface area contributed by atoms with Gasteiger partial charge in [0.05, 0.1) is 11.8 Å². The fraction of sp³-hybridized carbons (Fsp3) is 0.368. The molecule has 0 spiro atoms. The number of hydrogen-bond donors (Lipinski definition) is 1. The normalized spacial score (nSPS) is 12.7. The maximum absolute atomic E-state index is 12.4. The molecule has 1 amide bonds. The third kappa shape index (κ3) is 6.51. The predicted octanol–water partition coefficient (Wildman–Crippen LogP) is 3.22. The van der Waals surface area contributed by atoms with Crippen molar-refractivity contribution >= 4 is 11.9 Å². The molecule has 0 aliphatic rings. The van der Waals surface area contributed by atoms with E-state index in [9.17, 15) is 9.59 Å². The topological polar surface area (TPSA) is 55.4 Å². The number of esters is 1. The van der Waals surface area contributed by atoms with Crippen LogP contribution in [-0.4, -0.2) is 25.0 Å². The molecule has 0 aliphatic heterocycles. The summed E-state index contributed by atoms with van der Waals surface area (Å²) in [6.07, 6.45) is 4.68. The number of allylic oxidation sites excluding steroid dienone is 1. The average Bonchev–Trinajstić information content (AvgIpc) is 2.56. The zero-order valence-electron chi connectivity index (χ0n) is 13.7. The van der Waals surface area contributed by atoms with Crippen molar-refractivity contribution in [3.05, 3.63) is 61.2 Å². The maximum Gasteiger partial charge on any atom is 0.308 e. The monoisotopic (exact) mass is 315 g/mol. The Bertz CT molecular complexity index is 525. The van der Waals surface area contributed by atoms with Gasteiger partial charge in [0.1, 0.15) is 6.61 Å². The van der Waals surface area contributed by atoms with Gasteiger partial charge in [0.15, 0.2) is 0 Å². The van der Waals surface area contributed by atoms with E-state index < -0.39 is 5.92 Å². The standard InChI is InChI=1S/C19H25NO3/c1-4-6-13-20-18(21)17(16-11-8-7-9-12-16)14-23-19(22)15(3)10-5-2/h4-5,7-9,11-12,15,17H,1-2,6,10,13-14H2,3H3,(H,20,21)/t15-,17+/m1/s1. The molecule has 4 heteroatoms. The first kappa shape index (κ1) is 18.7. The summed E-state index contributed by atoms with van der Waals surface area (Å²) in [5, 5.41) is 2.84. The van der Waals surface area contributed by atoms with Crippen LogP contribution in [0.25, 0.3) is 0 Å². The molecule has 0 aliphatic carbocycles. The molecular formula is C19H25NO3. The Morgan fingerprint density at radius 1 is 1.22 bits per heavy atom. The highest BCUT2D eigenvalue weighted by atomic mass is 16.5. The highest BCUT2D eigenvalue weighted by Gasteiger charge is 2.23. The third-order valence-corrected chi connectivity index (χ3v) is 3.48. The van der Waals surface area contributed by atoms with Crippen LogP contribution in [0.15, 0.2) is 55.6 Å². The molecule has 1 aromatic rings. The van der Waals surface area contributed by atoms with Crippen molar-refractivity contribution < 1.29 is 14.3 Å². The predicted molar refractivity (Wildman–Crippen MR) is 91.9 cm³/mol. The van der Waals surface area contributed by atoms with Gasteiger partial charge in [0.25, 0.3) is 0 Å². The van der Waals surface area contributed by atoms with Gasteiger partial charge in [-0.15, -0.1) is 13.2 Å². The first-order valence-corrected chi connectivity index (χ1v) is 7.81. The summed E-state index contributed by atoms with van der Waals surface area (Å²) < 4.78 is 5.33. The van der Waals surface area contributed by atoms with Crippen LogP contribution in [-0.2, 0) is 14.3 Å². The largest absolute Gasteiger partial charge is 0.464 e. The highest BCUT2D eigenvalue weighted by molar-refractivity contribution is 5.84. The Hall–Kier alpha value is -2.36. The lowest BCUT2D eigenvalue weighted by Gasteiger charge is -2.18. The number of benzene rings is 1. The van der Waals surface area contributed by atoms with Gasteiger partial charge in [-0.25, -0.2) is 0 Å². The fourth-order valence-electron chi connectivity index (χ4n) is 2.08. The van der Waals surface area contributed by atoms with E-state index in [-0.39, 0.29) is 24.4 Å². The van der Waals surface area contributed by atoms with Gasteiger partial charge in [-0.2, -0.15) is 0 Å². The minimum Gasteiger partial charge on any atom is -0.464 e. The molecule has 0 bridgehead atoms. The Morgan fingerprint density at radius 3 is 2.52 bits per heavy atom. The van der Waals surface area contributed by atoms with Crippen molar-refractivity contribution in [3.63, 3.8) is 0 Å². The number of rotatable bonds is 10. The van der Waals surface area contributed by atoms with Crippen LogP contribution in [0, 0.1) is 5.92 Å². The van der Waals surface area contributed by atoms with Crippen LogP contribution in [0.1, 0.15) is 31.2 Å². The van der Waals surface area contributed by atoms with Crippen LogP contribution in [0.3, 0.4) is 0 Å². The molecule has 124 valence electrons. The van der Waals surface area contributed by atoms with Crippen molar-refractivity contribution in [2.75, 3.05) is 13.2 Å². The zero-order chi connectivity index (χ0) is 17.1. The number of ether oxygens (including phenoxy) is 1. The molecule has 0 unspecified atom stereocenters. The minimum absolute atomic E-state index is 0.0320. The molecule has 4 nitrogen and oxygen atoms in total. The molecule has 0 saturated heterocycles. The van der Waals surface area contributed by atoms with Crippen LogP contribution < -0.4 is 5.32 Å². The van der Waals surface area contributed by atoms with Gasteiger partial charge in [-0.05, 0) is 18.4 Å². The summed E-state index contributed by atoms with van der Waals surface area (Å²) in [6.45, 7) is 9.58. The van der Waals surface area contributed by atoms with E-state index in [1.54, 1.807) is 19.1 Å². The lowest BCUT2D eigenvalue weighted by atomic mass is 9.99. The van der Waals surface area contributed by atoms with Crippen molar-refractivity contribution in [2.24, 2.45) is 5.92 Å². The lowest BCUT2D eigenvalue weighted by Crippen LogP contribution is -2.33. The second-order valence-corrected chi connectivity index (χ2v) is 5.39. The Kier molecular flexibility index (Phi) is 8.43. The summed E-state index contributed by atoms with van der Waals surface area (Å²) in [5.74, 6) is -1.24. The summed E-state index contributed by atoms with van der Waals surface area (Å²) >= 11 is 0. The zero-order valence-corrected chi connectivity index (χ0v) is 13.7. The van der Waals surface area contributed by atoms with E-state index >= 15 is 0 Å². The number of amides is 1. The quantitative estimate of drug-likeness (QED) is 0.410. The van der Waals surface area contributed by atoms with Crippen molar-refractivity contribution in [1.29, 1.82) is 0 Å². The molecule has 1 aromatic carbocycles. The van der Waals surface area contributed by atoms with Gasteiger partial charge in [-0.1, -0.05) is 49.4 Å². The molecule has 0 radical (unpaired) electrons. The molecule has 0 aromatic heterocycles. The van der Waals surface area contributed by atoms with Gasteiger partial charge in [0, 0.05) is 6.54 Å². The molecule has 1 N–H and O–H groups in total. The van der Waals surface area contributed by atoms with E-state index in [1.807, 2.05) is 30.3 Å². The number of nitrogens with one attached hydrogen (secondary N) is 1. The SMILES string of the molecule is C=CCCNC(=O)[C@@H](COC(=O)[C@H](C)CC=C)c1ccccc1. The second kappa shape index (κ2) is 10.4. The molecule has 1 rings (SSSR count). The van der Waals surface area contributed by atoms with E-state index in [4.69, 9.17) is 4.74 Å². The van der Waals surface area contributed by atoms with Crippen molar-refractivity contribution in [1.82, 2.24) is 5.32 Å². The minimum atomic E-state index is -0.513. The molecule has 0 fully saturated rings. The van der Waals surface area contributed by atoms with Gasteiger partial charge in [0.2, 0.25) is 5.91 Å². The summed E-state index contributed by atoms with van der Waals surface area (Å²) in [6, 6.07) is 9.33.